The standard InChI is InChI=1S/C8H13N3O3/c1-11(2)6(12)4-3-5-7(13)10-8(14)9-5/h5H,3-4H2,1-2H3,(H2,9,10,13,14). The molecule has 1 heterocycles. The zero-order valence-corrected chi connectivity index (χ0v) is 8.16. The average Bonchev–Trinajstić information content (AvgIpc) is 2.40. The quantitative estimate of drug-likeness (QED) is 0.576. The summed E-state index contributed by atoms with van der Waals surface area (Å²) in [5, 5.41) is 4.53. The van der Waals surface area contributed by atoms with Crippen LogP contribution in [0.3, 0.4) is 0 Å². The molecule has 1 aliphatic heterocycles. The van der Waals surface area contributed by atoms with E-state index in [1.807, 2.05) is 0 Å². The zero-order chi connectivity index (χ0) is 10.7. The summed E-state index contributed by atoms with van der Waals surface area (Å²) in [5.41, 5.74) is 0. The molecule has 1 unspecified atom stereocenters. The molecule has 78 valence electrons. The van der Waals surface area contributed by atoms with Crippen LogP contribution in [0.1, 0.15) is 12.8 Å². The van der Waals surface area contributed by atoms with Gasteiger partial charge in [0.15, 0.2) is 0 Å². The van der Waals surface area contributed by atoms with E-state index in [1.165, 1.54) is 4.90 Å². The number of carbonyl (C=O) groups excluding carboxylic acids is 3. The van der Waals surface area contributed by atoms with Crippen molar-refractivity contribution in [2.45, 2.75) is 18.9 Å². The first-order valence-corrected chi connectivity index (χ1v) is 4.32. The van der Waals surface area contributed by atoms with Crippen molar-refractivity contribution < 1.29 is 14.4 Å². The van der Waals surface area contributed by atoms with Gasteiger partial charge in [-0.25, -0.2) is 4.79 Å². The maximum absolute atomic E-state index is 11.2. The summed E-state index contributed by atoms with van der Waals surface area (Å²) < 4.78 is 0. The fourth-order valence-electron chi connectivity index (χ4n) is 1.15. The molecular weight excluding hydrogens is 186 g/mol. The predicted molar refractivity (Wildman–Crippen MR) is 48.4 cm³/mol. The van der Waals surface area contributed by atoms with Gasteiger partial charge in [0.2, 0.25) is 5.91 Å². The monoisotopic (exact) mass is 199 g/mol. The molecule has 0 aromatic carbocycles. The Labute approximate surface area is 81.6 Å². The molecule has 1 rings (SSSR count). The van der Waals surface area contributed by atoms with E-state index in [2.05, 4.69) is 10.6 Å². The third kappa shape index (κ3) is 2.45. The Balaban J connectivity index is 2.35. The molecule has 0 aromatic heterocycles. The second-order valence-corrected chi connectivity index (χ2v) is 3.34. The summed E-state index contributed by atoms with van der Waals surface area (Å²) in [6.07, 6.45) is 0.597. The van der Waals surface area contributed by atoms with Crippen molar-refractivity contribution in [1.29, 1.82) is 0 Å². The number of nitrogens with one attached hydrogen (secondary N) is 2. The van der Waals surface area contributed by atoms with E-state index in [0.717, 1.165) is 0 Å². The van der Waals surface area contributed by atoms with Gasteiger partial charge in [0.25, 0.3) is 5.91 Å². The fourth-order valence-corrected chi connectivity index (χ4v) is 1.15. The minimum atomic E-state index is -0.564. The van der Waals surface area contributed by atoms with Crippen LogP contribution in [-0.4, -0.2) is 42.9 Å². The lowest BCUT2D eigenvalue weighted by Crippen LogP contribution is -2.31. The van der Waals surface area contributed by atoms with Gasteiger partial charge < -0.3 is 10.2 Å². The van der Waals surface area contributed by atoms with Gasteiger partial charge in [-0.2, -0.15) is 0 Å². The van der Waals surface area contributed by atoms with Crippen LogP contribution in [0.25, 0.3) is 0 Å². The molecule has 0 radical (unpaired) electrons. The molecule has 0 saturated carbocycles. The third-order valence-corrected chi connectivity index (χ3v) is 2.00. The number of urea groups is 1. The Morgan fingerprint density at radius 1 is 1.43 bits per heavy atom. The van der Waals surface area contributed by atoms with Crippen molar-refractivity contribution in [3.63, 3.8) is 0 Å². The van der Waals surface area contributed by atoms with Gasteiger partial charge in [-0.1, -0.05) is 0 Å². The van der Waals surface area contributed by atoms with E-state index in [1.54, 1.807) is 14.1 Å². The number of amides is 4. The molecule has 2 N–H and O–H groups in total. The van der Waals surface area contributed by atoms with Crippen molar-refractivity contribution in [3.05, 3.63) is 0 Å². The van der Waals surface area contributed by atoms with E-state index in [9.17, 15) is 14.4 Å². The van der Waals surface area contributed by atoms with Crippen LogP contribution in [0.4, 0.5) is 4.79 Å². The summed E-state index contributed by atoms with van der Waals surface area (Å²) in [6.45, 7) is 0. The van der Waals surface area contributed by atoms with Crippen LogP contribution in [0.5, 0.6) is 0 Å². The highest BCUT2D eigenvalue weighted by atomic mass is 16.2. The molecule has 0 aromatic rings. The van der Waals surface area contributed by atoms with E-state index in [4.69, 9.17) is 0 Å². The summed E-state index contributed by atoms with van der Waals surface area (Å²) in [5.74, 6) is -0.416. The zero-order valence-electron chi connectivity index (χ0n) is 8.16. The minimum absolute atomic E-state index is 0.0565. The first kappa shape index (κ1) is 10.5. The van der Waals surface area contributed by atoms with Crippen molar-refractivity contribution in [2.24, 2.45) is 0 Å². The van der Waals surface area contributed by atoms with Crippen molar-refractivity contribution in [3.8, 4) is 0 Å². The van der Waals surface area contributed by atoms with Crippen LogP contribution >= 0.6 is 0 Å². The van der Waals surface area contributed by atoms with Crippen LogP contribution in [0.15, 0.2) is 0 Å². The van der Waals surface area contributed by atoms with E-state index < -0.39 is 12.1 Å². The molecule has 6 heteroatoms. The van der Waals surface area contributed by atoms with Gasteiger partial charge in [-0.3, -0.25) is 14.9 Å². The third-order valence-electron chi connectivity index (χ3n) is 2.00. The molecule has 14 heavy (non-hydrogen) atoms. The van der Waals surface area contributed by atoms with Gasteiger partial charge in [0.1, 0.15) is 6.04 Å². The predicted octanol–water partition coefficient (Wildman–Crippen LogP) is -0.937. The summed E-state index contributed by atoms with van der Waals surface area (Å²) in [4.78, 5) is 34.4. The smallest absolute Gasteiger partial charge is 0.322 e. The molecule has 1 atom stereocenters. The topological polar surface area (TPSA) is 78.5 Å². The van der Waals surface area contributed by atoms with Gasteiger partial charge in [-0.15, -0.1) is 0 Å². The van der Waals surface area contributed by atoms with E-state index in [-0.39, 0.29) is 18.2 Å². The highest BCUT2D eigenvalue weighted by molar-refractivity contribution is 6.04. The number of carbonyl (C=O) groups is 3. The van der Waals surface area contributed by atoms with E-state index in [0.29, 0.717) is 6.42 Å². The SMILES string of the molecule is CN(C)C(=O)CCC1NC(=O)NC1=O. The number of imide groups is 1. The number of hydrogen-bond acceptors (Lipinski definition) is 3. The molecule has 0 spiro atoms. The largest absolute Gasteiger partial charge is 0.349 e. The molecular formula is C8H13N3O3. The summed E-state index contributed by atoms with van der Waals surface area (Å²) >= 11 is 0. The summed E-state index contributed by atoms with van der Waals surface area (Å²) in [6, 6.07) is -1.05. The van der Waals surface area contributed by atoms with Crippen molar-refractivity contribution >= 4 is 17.8 Å². The Kier molecular flexibility index (Phi) is 3.06. The van der Waals surface area contributed by atoms with Crippen molar-refractivity contribution in [2.75, 3.05) is 14.1 Å². The number of rotatable bonds is 3. The lowest BCUT2D eigenvalue weighted by Gasteiger charge is -2.11. The van der Waals surface area contributed by atoms with Crippen LogP contribution in [0, 0.1) is 0 Å². The van der Waals surface area contributed by atoms with Gasteiger partial charge in [-0.05, 0) is 6.42 Å². The number of hydrogen-bond donors (Lipinski definition) is 2. The van der Waals surface area contributed by atoms with Crippen LogP contribution in [0.2, 0.25) is 0 Å². The van der Waals surface area contributed by atoms with Gasteiger partial charge in [0.05, 0.1) is 0 Å². The molecule has 6 nitrogen and oxygen atoms in total. The second-order valence-electron chi connectivity index (χ2n) is 3.34. The first-order chi connectivity index (χ1) is 6.50. The van der Waals surface area contributed by atoms with Gasteiger partial charge >= 0.3 is 6.03 Å². The van der Waals surface area contributed by atoms with E-state index >= 15 is 0 Å². The lowest BCUT2D eigenvalue weighted by atomic mass is 10.1. The Hall–Kier alpha value is -1.59. The van der Waals surface area contributed by atoms with Crippen molar-refractivity contribution in [1.82, 2.24) is 15.5 Å². The molecule has 1 saturated heterocycles. The Morgan fingerprint density at radius 3 is 2.50 bits per heavy atom. The molecule has 0 aliphatic carbocycles. The Bertz CT molecular complexity index is 275. The highest BCUT2D eigenvalue weighted by Crippen LogP contribution is 2.03. The number of nitrogens with zero attached hydrogens (tertiary/aromatic N) is 1. The average molecular weight is 199 g/mol. The minimum Gasteiger partial charge on any atom is -0.349 e. The van der Waals surface area contributed by atoms with Crippen LogP contribution in [-0.2, 0) is 9.59 Å². The first-order valence-electron chi connectivity index (χ1n) is 4.32. The maximum Gasteiger partial charge on any atom is 0.322 e. The fraction of sp³-hybridized carbons (Fsp3) is 0.625. The molecule has 1 aliphatic rings. The lowest BCUT2D eigenvalue weighted by molar-refractivity contribution is -0.129. The normalized spacial score (nSPS) is 20.3. The Morgan fingerprint density at radius 2 is 2.07 bits per heavy atom. The summed E-state index contributed by atoms with van der Waals surface area (Å²) in [7, 11) is 3.30. The maximum atomic E-state index is 11.2. The van der Waals surface area contributed by atoms with Crippen LogP contribution < -0.4 is 10.6 Å². The second kappa shape index (κ2) is 4.08. The molecule has 1 fully saturated rings. The highest BCUT2D eigenvalue weighted by Gasteiger charge is 2.29. The van der Waals surface area contributed by atoms with Gasteiger partial charge in [0, 0.05) is 20.5 Å². The molecule has 4 amide bonds. The molecule has 0 bridgehead atoms.